The quantitative estimate of drug-likeness (QED) is 0.780. The first-order valence-corrected chi connectivity index (χ1v) is 12.0. The maximum absolute atomic E-state index is 12.8. The molecular formula is C15H21N3O4S3. The summed E-state index contributed by atoms with van der Waals surface area (Å²) in [6, 6.07) is 3.71. The van der Waals surface area contributed by atoms with Gasteiger partial charge in [0.2, 0.25) is 0 Å². The van der Waals surface area contributed by atoms with Crippen molar-refractivity contribution in [2.45, 2.75) is 36.6 Å². The van der Waals surface area contributed by atoms with E-state index >= 15 is 0 Å². The molecule has 2 aromatic rings. The van der Waals surface area contributed by atoms with Crippen LogP contribution < -0.4 is 0 Å². The van der Waals surface area contributed by atoms with Crippen LogP contribution in [-0.4, -0.2) is 49.5 Å². The number of aromatic nitrogens is 2. The van der Waals surface area contributed by atoms with Gasteiger partial charge in [0.25, 0.3) is 10.0 Å². The highest BCUT2D eigenvalue weighted by Gasteiger charge is 2.36. The third-order valence-electron chi connectivity index (χ3n) is 4.34. The molecule has 0 aliphatic carbocycles. The molecule has 25 heavy (non-hydrogen) atoms. The van der Waals surface area contributed by atoms with Crippen LogP contribution in [0.2, 0.25) is 0 Å². The Morgan fingerprint density at radius 2 is 2.08 bits per heavy atom. The van der Waals surface area contributed by atoms with Gasteiger partial charge in [-0.25, -0.2) is 21.8 Å². The second-order valence-electron chi connectivity index (χ2n) is 6.32. The van der Waals surface area contributed by atoms with E-state index < -0.39 is 25.1 Å². The number of rotatable bonds is 4. The van der Waals surface area contributed by atoms with Gasteiger partial charge in [-0.3, -0.25) is 0 Å². The maximum atomic E-state index is 12.8. The second kappa shape index (κ2) is 6.82. The van der Waals surface area contributed by atoms with Gasteiger partial charge < -0.3 is 4.57 Å². The summed E-state index contributed by atoms with van der Waals surface area (Å²) in [7, 11) is -7.19. The highest BCUT2D eigenvalue weighted by atomic mass is 32.2. The van der Waals surface area contributed by atoms with Crippen LogP contribution in [0, 0.1) is 0 Å². The van der Waals surface area contributed by atoms with Crippen molar-refractivity contribution in [3.8, 4) is 0 Å². The molecule has 1 aliphatic heterocycles. The Morgan fingerprint density at radius 1 is 1.32 bits per heavy atom. The van der Waals surface area contributed by atoms with E-state index in [-0.39, 0.29) is 36.3 Å². The number of thiophene rings is 1. The van der Waals surface area contributed by atoms with Crippen molar-refractivity contribution >= 4 is 31.2 Å². The van der Waals surface area contributed by atoms with Crippen LogP contribution in [0.3, 0.4) is 0 Å². The van der Waals surface area contributed by atoms with E-state index in [9.17, 15) is 16.8 Å². The van der Waals surface area contributed by atoms with E-state index in [0.29, 0.717) is 0 Å². The first-order valence-electron chi connectivity index (χ1n) is 8.00. The van der Waals surface area contributed by atoms with Gasteiger partial charge in [-0.2, -0.15) is 4.31 Å². The Balaban J connectivity index is 1.86. The zero-order valence-electron chi connectivity index (χ0n) is 14.1. The molecule has 10 heteroatoms. The maximum Gasteiger partial charge on any atom is 0.262 e. The molecule has 0 aromatic carbocycles. The molecule has 0 amide bonds. The van der Waals surface area contributed by atoms with Crippen LogP contribution in [0.25, 0.3) is 0 Å². The normalized spacial score (nSPS) is 22.1. The molecule has 1 unspecified atom stereocenters. The molecule has 3 heterocycles. The number of sulfone groups is 1. The Kier molecular flexibility index (Phi) is 5.06. The van der Waals surface area contributed by atoms with Crippen LogP contribution in [0.15, 0.2) is 35.1 Å². The Bertz CT molecular complexity index is 931. The summed E-state index contributed by atoms with van der Waals surface area (Å²) < 4.78 is 53.8. The van der Waals surface area contributed by atoms with Gasteiger partial charge in [-0.05, 0) is 31.7 Å². The molecule has 7 nitrogen and oxygen atoms in total. The van der Waals surface area contributed by atoms with Crippen molar-refractivity contribution in [1.82, 2.24) is 13.9 Å². The average molecular weight is 404 g/mol. The lowest BCUT2D eigenvalue weighted by Gasteiger charge is -2.18. The lowest BCUT2D eigenvalue weighted by molar-refractivity contribution is 0.426. The predicted octanol–water partition coefficient (Wildman–Crippen LogP) is 2.08. The molecule has 2 aromatic heterocycles. The highest BCUT2D eigenvalue weighted by molar-refractivity contribution is 7.92. The van der Waals surface area contributed by atoms with Gasteiger partial charge in [0.1, 0.15) is 0 Å². The summed E-state index contributed by atoms with van der Waals surface area (Å²) in [5, 5.41) is 1.16. The SMILES string of the molecule is CC(C)n1cnc(S(=O)(=O)N2CCC(c3cccs3)S(=O)(=O)CC2)c1. The van der Waals surface area contributed by atoms with Crippen molar-refractivity contribution in [2.75, 3.05) is 18.8 Å². The minimum Gasteiger partial charge on any atom is -0.334 e. The van der Waals surface area contributed by atoms with Gasteiger partial charge in [-0.1, -0.05) is 6.07 Å². The third-order valence-corrected chi connectivity index (χ3v) is 9.37. The molecule has 138 valence electrons. The summed E-state index contributed by atoms with van der Waals surface area (Å²) in [5.74, 6) is -0.181. The fourth-order valence-corrected chi connectivity index (χ4v) is 7.32. The van der Waals surface area contributed by atoms with Gasteiger partial charge in [-0.15, -0.1) is 11.3 Å². The third kappa shape index (κ3) is 3.67. The molecule has 0 radical (unpaired) electrons. The first-order chi connectivity index (χ1) is 11.7. The molecule has 0 spiro atoms. The Morgan fingerprint density at radius 3 is 2.68 bits per heavy atom. The zero-order chi connectivity index (χ0) is 18.2. The van der Waals surface area contributed by atoms with E-state index in [4.69, 9.17) is 0 Å². The van der Waals surface area contributed by atoms with Crippen molar-refractivity contribution in [3.05, 3.63) is 34.9 Å². The Hall–Kier alpha value is -1.23. The molecule has 1 aliphatic rings. The fraction of sp³-hybridized carbons (Fsp3) is 0.533. The molecule has 0 saturated carbocycles. The lowest BCUT2D eigenvalue weighted by Crippen LogP contribution is -2.33. The number of sulfonamides is 1. The van der Waals surface area contributed by atoms with Crippen molar-refractivity contribution in [2.24, 2.45) is 0 Å². The predicted molar refractivity (Wildman–Crippen MR) is 96.8 cm³/mol. The molecule has 1 atom stereocenters. The summed E-state index contributed by atoms with van der Waals surface area (Å²) in [6.45, 7) is 3.99. The van der Waals surface area contributed by atoms with Gasteiger partial charge in [0.15, 0.2) is 14.9 Å². The Labute approximate surface area is 152 Å². The smallest absolute Gasteiger partial charge is 0.262 e. The number of imidazole rings is 1. The summed E-state index contributed by atoms with van der Waals surface area (Å²) in [5.41, 5.74) is 0. The molecule has 0 N–H and O–H groups in total. The van der Waals surface area contributed by atoms with Crippen LogP contribution in [0.4, 0.5) is 0 Å². The minimum atomic E-state index is -3.80. The second-order valence-corrected chi connectivity index (χ2v) is 11.5. The standard InChI is InChI=1S/C15H21N3O4S3/c1-12(2)17-10-15(16-11-17)25(21,22)18-6-5-14(13-4-3-8-23-13)24(19,20)9-7-18/h3-4,8,10-12,14H,5-7,9H2,1-2H3. The van der Waals surface area contributed by atoms with Crippen LogP contribution in [0.5, 0.6) is 0 Å². The zero-order valence-corrected chi connectivity index (χ0v) is 16.5. The molecule has 1 fully saturated rings. The van der Waals surface area contributed by atoms with Crippen LogP contribution in [0.1, 0.15) is 36.4 Å². The van der Waals surface area contributed by atoms with Gasteiger partial charge in [0.05, 0.1) is 17.3 Å². The van der Waals surface area contributed by atoms with E-state index in [2.05, 4.69) is 4.98 Å². The monoisotopic (exact) mass is 403 g/mol. The number of hydrogen-bond acceptors (Lipinski definition) is 6. The van der Waals surface area contributed by atoms with Crippen LogP contribution in [-0.2, 0) is 19.9 Å². The van der Waals surface area contributed by atoms with E-state index in [1.807, 2.05) is 25.3 Å². The molecular weight excluding hydrogens is 382 g/mol. The van der Waals surface area contributed by atoms with Crippen molar-refractivity contribution in [1.29, 1.82) is 0 Å². The fourth-order valence-electron chi connectivity index (χ4n) is 2.82. The first kappa shape index (κ1) is 18.6. The average Bonchev–Trinajstić information content (AvgIpc) is 3.19. The molecule has 0 bridgehead atoms. The number of nitrogens with zero attached hydrogens (tertiary/aromatic N) is 3. The summed E-state index contributed by atoms with van der Waals surface area (Å²) in [4.78, 5) is 4.77. The van der Waals surface area contributed by atoms with Crippen molar-refractivity contribution < 1.29 is 16.8 Å². The lowest BCUT2D eigenvalue weighted by atomic mass is 10.2. The summed E-state index contributed by atoms with van der Waals surface area (Å²) in [6.07, 6.45) is 3.24. The van der Waals surface area contributed by atoms with Crippen molar-refractivity contribution in [3.63, 3.8) is 0 Å². The number of hydrogen-bond donors (Lipinski definition) is 0. The van der Waals surface area contributed by atoms with E-state index in [0.717, 1.165) is 4.88 Å². The van der Waals surface area contributed by atoms with E-state index in [1.54, 1.807) is 10.6 Å². The topological polar surface area (TPSA) is 89.3 Å². The molecule has 3 rings (SSSR count). The summed E-state index contributed by atoms with van der Waals surface area (Å²) >= 11 is 1.39. The van der Waals surface area contributed by atoms with Gasteiger partial charge in [0, 0.05) is 30.2 Å². The van der Waals surface area contributed by atoms with E-state index in [1.165, 1.54) is 28.2 Å². The highest BCUT2D eigenvalue weighted by Crippen LogP contribution is 2.33. The molecule has 1 saturated heterocycles. The van der Waals surface area contributed by atoms with Crippen LogP contribution >= 0.6 is 11.3 Å². The minimum absolute atomic E-state index is 0.0341. The largest absolute Gasteiger partial charge is 0.334 e. The van der Waals surface area contributed by atoms with Gasteiger partial charge >= 0.3 is 0 Å².